The third kappa shape index (κ3) is 2.73. The van der Waals surface area contributed by atoms with E-state index in [2.05, 4.69) is 5.10 Å². The standard InChI is InChI=1S/C17H13ClN2O2/c1-11-5-7-12(8-6-11)16-10-15(17(21)22)19-20(16)14-4-2-3-13(18)9-14/h2-10H,1H3,(H,21,22). The van der Waals surface area contributed by atoms with Crippen LogP contribution in [-0.4, -0.2) is 20.9 Å². The van der Waals surface area contributed by atoms with Crippen molar-refractivity contribution in [1.29, 1.82) is 0 Å². The molecule has 0 saturated carbocycles. The van der Waals surface area contributed by atoms with Crippen molar-refractivity contribution in [2.75, 3.05) is 0 Å². The van der Waals surface area contributed by atoms with Gasteiger partial charge in [-0.05, 0) is 31.2 Å². The maximum atomic E-state index is 11.2. The zero-order chi connectivity index (χ0) is 15.7. The molecule has 1 aromatic heterocycles. The topological polar surface area (TPSA) is 55.1 Å². The Hall–Kier alpha value is -2.59. The van der Waals surface area contributed by atoms with Crippen LogP contribution in [0.4, 0.5) is 0 Å². The molecule has 0 unspecified atom stereocenters. The van der Waals surface area contributed by atoms with Crippen LogP contribution in [0.15, 0.2) is 54.6 Å². The molecule has 0 aliphatic rings. The van der Waals surface area contributed by atoms with E-state index in [1.54, 1.807) is 28.9 Å². The summed E-state index contributed by atoms with van der Waals surface area (Å²) in [6, 6.07) is 16.6. The first-order valence-corrected chi connectivity index (χ1v) is 7.09. The smallest absolute Gasteiger partial charge is 0.356 e. The van der Waals surface area contributed by atoms with E-state index in [4.69, 9.17) is 11.6 Å². The van der Waals surface area contributed by atoms with Gasteiger partial charge in [-0.15, -0.1) is 0 Å². The van der Waals surface area contributed by atoms with Crippen molar-refractivity contribution >= 4 is 17.6 Å². The highest BCUT2D eigenvalue weighted by Gasteiger charge is 2.16. The molecular formula is C17H13ClN2O2. The molecule has 0 aliphatic carbocycles. The van der Waals surface area contributed by atoms with Gasteiger partial charge in [0.2, 0.25) is 0 Å². The number of carboxylic acid groups (broad SMARTS) is 1. The number of carbonyl (C=O) groups is 1. The van der Waals surface area contributed by atoms with E-state index in [-0.39, 0.29) is 5.69 Å². The summed E-state index contributed by atoms with van der Waals surface area (Å²) >= 11 is 6.03. The van der Waals surface area contributed by atoms with Gasteiger partial charge < -0.3 is 5.11 Å². The van der Waals surface area contributed by atoms with Crippen LogP contribution in [0, 0.1) is 6.92 Å². The van der Waals surface area contributed by atoms with Crippen LogP contribution in [0.2, 0.25) is 5.02 Å². The molecular weight excluding hydrogens is 300 g/mol. The predicted octanol–water partition coefficient (Wildman–Crippen LogP) is 4.20. The van der Waals surface area contributed by atoms with E-state index in [9.17, 15) is 9.90 Å². The largest absolute Gasteiger partial charge is 0.476 e. The van der Waals surface area contributed by atoms with Gasteiger partial charge >= 0.3 is 5.97 Å². The summed E-state index contributed by atoms with van der Waals surface area (Å²) < 4.78 is 1.60. The van der Waals surface area contributed by atoms with Crippen LogP contribution in [-0.2, 0) is 0 Å². The monoisotopic (exact) mass is 312 g/mol. The lowest BCUT2D eigenvalue weighted by Gasteiger charge is -2.08. The second-order valence-electron chi connectivity index (χ2n) is 4.98. The van der Waals surface area contributed by atoms with Gasteiger partial charge in [-0.2, -0.15) is 5.10 Å². The highest BCUT2D eigenvalue weighted by Crippen LogP contribution is 2.25. The molecule has 0 atom stereocenters. The van der Waals surface area contributed by atoms with Crippen molar-refractivity contribution in [2.45, 2.75) is 6.92 Å². The summed E-state index contributed by atoms with van der Waals surface area (Å²) in [7, 11) is 0. The first kappa shape index (κ1) is 14.4. The minimum absolute atomic E-state index is 0.00412. The Morgan fingerprint density at radius 2 is 1.86 bits per heavy atom. The minimum Gasteiger partial charge on any atom is -0.476 e. The Balaban J connectivity index is 2.20. The van der Waals surface area contributed by atoms with E-state index in [1.165, 1.54) is 0 Å². The maximum absolute atomic E-state index is 11.2. The number of aromatic carboxylic acids is 1. The Morgan fingerprint density at radius 1 is 1.14 bits per heavy atom. The number of benzene rings is 2. The SMILES string of the molecule is Cc1ccc(-c2cc(C(=O)O)nn2-c2cccc(Cl)c2)cc1. The molecule has 0 amide bonds. The lowest BCUT2D eigenvalue weighted by molar-refractivity contribution is 0.0690. The first-order chi connectivity index (χ1) is 10.5. The normalized spacial score (nSPS) is 10.6. The molecule has 110 valence electrons. The van der Waals surface area contributed by atoms with Crippen molar-refractivity contribution in [3.05, 3.63) is 70.9 Å². The summed E-state index contributed by atoms with van der Waals surface area (Å²) in [5, 5.41) is 14.0. The van der Waals surface area contributed by atoms with Gasteiger partial charge in [-0.3, -0.25) is 0 Å². The molecule has 1 N–H and O–H groups in total. The van der Waals surface area contributed by atoms with Crippen molar-refractivity contribution in [2.24, 2.45) is 0 Å². The predicted molar refractivity (Wildman–Crippen MR) is 85.7 cm³/mol. The molecule has 5 heteroatoms. The van der Waals surface area contributed by atoms with E-state index in [1.807, 2.05) is 37.3 Å². The fraction of sp³-hybridized carbons (Fsp3) is 0.0588. The highest BCUT2D eigenvalue weighted by atomic mass is 35.5. The van der Waals surface area contributed by atoms with Crippen LogP contribution < -0.4 is 0 Å². The zero-order valence-corrected chi connectivity index (χ0v) is 12.6. The Morgan fingerprint density at radius 3 is 2.50 bits per heavy atom. The Labute approximate surface area is 132 Å². The molecule has 0 saturated heterocycles. The number of nitrogens with zero attached hydrogens (tertiary/aromatic N) is 2. The lowest BCUT2D eigenvalue weighted by atomic mass is 10.1. The van der Waals surface area contributed by atoms with Gasteiger partial charge in [0, 0.05) is 10.6 Å². The molecule has 0 aliphatic heterocycles. The maximum Gasteiger partial charge on any atom is 0.356 e. The number of hydrogen-bond donors (Lipinski definition) is 1. The Bertz CT molecular complexity index is 838. The van der Waals surface area contributed by atoms with Crippen LogP contribution in [0.5, 0.6) is 0 Å². The second kappa shape index (κ2) is 5.66. The summed E-state index contributed by atoms with van der Waals surface area (Å²) in [6.45, 7) is 2.00. The van der Waals surface area contributed by atoms with Crippen LogP contribution >= 0.6 is 11.6 Å². The molecule has 0 bridgehead atoms. The summed E-state index contributed by atoms with van der Waals surface area (Å²) in [5.74, 6) is -1.06. The third-order valence-electron chi connectivity index (χ3n) is 3.33. The number of carboxylic acids is 1. The van der Waals surface area contributed by atoms with Gasteiger partial charge in [0.15, 0.2) is 5.69 Å². The highest BCUT2D eigenvalue weighted by molar-refractivity contribution is 6.30. The number of rotatable bonds is 3. The fourth-order valence-corrected chi connectivity index (χ4v) is 2.40. The molecule has 0 fully saturated rings. The van der Waals surface area contributed by atoms with E-state index in [0.29, 0.717) is 10.7 Å². The van der Waals surface area contributed by atoms with E-state index in [0.717, 1.165) is 16.8 Å². The first-order valence-electron chi connectivity index (χ1n) is 6.71. The molecule has 0 radical (unpaired) electrons. The summed E-state index contributed by atoms with van der Waals surface area (Å²) in [6.07, 6.45) is 0. The molecule has 2 aromatic carbocycles. The lowest BCUT2D eigenvalue weighted by Crippen LogP contribution is -2.02. The van der Waals surface area contributed by atoms with Gasteiger partial charge in [0.1, 0.15) is 0 Å². The molecule has 22 heavy (non-hydrogen) atoms. The van der Waals surface area contributed by atoms with E-state index < -0.39 is 5.97 Å². The quantitative estimate of drug-likeness (QED) is 0.788. The number of hydrogen-bond acceptors (Lipinski definition) is 2. The van der Waals surface area contributed by atoms with Crippen molar-refractivity contribution in [1.82, 2.24) is 9.78 Å². The fourth-order valence-electron chi connectivity index (χ4n) is 2.22. The molecule has 3 rings (SSSR count). The summed E-state index contributed by atoms with van der Waals surface area (Å²) in [5.41, 5.74) is 3.45. The van der Waals surface area contributed by atoms with Crippen LogP contribution in [0.1, 0.15) is 16.1 Å². The van der Waals surface area contributed by atoms with Crippen molar-refractivity contribution in [3.63, 3.8) is 0 Å². The number of aryl methyl sites for hydroxylation is 1. The van der Waals surface area contributed by atoms with Crippen LogP contribution in [0.25, 0.3) is 16.9 Å². The molecule has 0 spiro atoms. The van der Waals surface area contributed by atoms with Gasteiger partial charge in [-0.1, -0.05) is 47.5 Å². The molecule has 4 nitrogen and oxygen atoms in total. The average Bonchev–Trinajstić information content (AvgIpc) is 2.93. The van der Waals surface area contributed by atoms with E-state index >= 15 is 0 Å². The minimum atomic E-state index is -1.06. The van der Waals surface area contributed by atoms with Gasteiger partial charge in [0.05, 0.1) is 11.4 Å². The summed E-state index contributed by atoms with van der Waals surface area (Å²) in [4.78, 5) is 11.2. The zero-order valence-electron chi connectivity index (χ0n) is 11.8. The van der Waals surface area contributed by atoms with Gasteiger partial charge in [-0.25, -0.2) is 9.48 Å². The van der Waals surface area contributed by atoms with Gasteiger partial charge in [0.25, 0.3) is 0 Å². The van der Waals surface area contributed by atoms with Crippen molar-refractivity contribution in [3.8, 4) is 16.9 Å². The second-order valence-corrected chi connectivity index (χ2v) is 5.41. The molecule has 1 heterocycles. The Kier molecular flexibility index (Phi) is 3.69. The average molecular weight is 313 g/mol. The third-order valence-corrected chi connectivity index (χ3v) is 3.56. The number of aromatic nitrogens is 2. The van der Waals surface area contributed by atoms with Crippen molar-refractivity contribution < 1.29 is 9.90 Å². The number of halogens is 1. The van der Waals surface area contributed by atoms with Crippen LogP contribution in [0.3, 0.4) is 0 Å². The molecule has 3 aromatic rings.